The molecule has 2 fully saturated rings. The van der Waals surface area contributed by atoms with E-state index >= 15 is 0 Å². The van der Waals surface area contributed by atoms with Crippen molar-refractivity contribution < 1.29 is 9.53 Å². The Hall–Kier alpha value is -1.36. The number of nitrogens with one attached hydrogen (secondary N) is 1. The smallest absolute Gasteiger partial charge is 0.287 e. The Morgan fingerprint density at radius 3 is 2.95 bits per heavy atom. The van der Waals surface area contributed by atoms with Gasteiger partial charge in [0, 0.05) is 19.4 Å². The molecule has 1 atom stereocenters. The van der Waals surface area contributed by atoms with E-state index in [1.807, 2.05) is 7.05 Å². The van der Waals surface area contributed by atoms with Crippen LogP contribution in [0.2, 0.25) is 0 Å². The molecule has 3 rings (SSSR count). The van der Waals surface area contributed by atoms with Crippen LogP contribution in [0.4, 0.5) is 0 Å². The van der Waals surface area contributed by atoms with Gasteiger partial charge in [-0.3, -0.25) is 4.79 Å². The van der Waals surface area contributed by atoms with Crippen molar-refractivity contribution in [1.82, 2.24) is 14.9 Å². The van der Waals surface area contributed by atoms with Crippen molar-refractivity contribution in [1.29, 1.82) is 0 Å². The van der Waals surface area contributed by atoms with Gasteiger partial charge in [-0.2, -0.15) is 0 Å². The normalized spacial score (nSPS) is 25.6. The molecule has 1 N–H and O–H groups in total. The first-order chi connectivity index (χ1) is 9.19. The molecule has 0 unspecified atom stereocenters. The quantitative estimate of drug-likeness (QED) is 0.882. The predicted molar refractivity (Wildman–Crippen MR) is 70.8 cm³/mol. The van der Waals surface area contributed by atoms with Gasteiger partial charge in [0.15, 0.2) is 5.82 Å². The minimum absolute atomic E-state index is 0.0395. The van der Waals surface area contributed by atoms with Crippen molar-refractivity contribution in [3.8, 4) is 0 Å². The zero-order chi connectivity index (χ0) is 13.3. The van der Waals surface area contributed by atoms with E-state index in [9.17, 15) is 4.79 Å². The predicted octanol–water partition coefficient (Wildman–Crippen LogP) is 1.64. The van der Waals surface area contributed by atoms with Gasteiger partial charge < -0.3 is 14.6 Å². The molecular formula is C14H21N3O2. The largest absolute Gasteiger partial charge is 0.373 e. The van der Waals surface area contributed by atoms with Crippen LogP contribution in [0.3, 0.4) is 0 Å². The van der Waals surface area contributed by atoms with Crippen LogP contribution in [0.25, 0.3) is 0 Å². The Morgan fingerprint density at radius 2 is 2.26 bits per heavy atom. The molecule has 2 aliphatic rings. The van der Waals surface area contributed by atoms with E-state index in [0.717, 1.165) is 19.3 Å². The van der Waals surface area contributed by atoms with Crippen LogP contribution in [-0.4, -0.2) is 33.7 Å². The second-order valence-corrected chi connectivity index (χ2v) is 5.79. The van der Waals surface area contributed by atoms with Gasteiger partial charge in [-0.25, -0.2) is 4.98 Å². The van der Waals surface area contributed by atoms with Crippen LogP contribution in [0.5, 0.6) is 0 Å². The van der Waals surface area contributed by atoms with Gasteiger partial charge in [0.05, 0.1) is 18.2 Å². The number of hydrogen-bond donors (Lipinski definition) is 1. The lowest BCUT2D eigenvalue weighted by atomic mass is 9.82. The topological polar surface area (TPSA) is 56.2 Å². The lowest BCUT2D eigenvalue weighted by Gasteiger charge is -2.32. The molecule has 1 aliphatic carbocycles. The van der Waals surface area contributed by atoms with Crippen molar-refractivity contribution >= 4 is 5.91 Å². The van der Waals surface area contributed by atoms with Gasteiger partial charge in [-0.1, -0.05) is 19.3 Å². The van der Waals surface area contributed by atoms with Crippen molar-refractivity contribution in [3.05, 3.63) is 18.2 Å². The van der Waals surface area contributed by atoms with Gasteiger partial charge in [-0.05, 0) is 19.3 Å². The van der Waals surface area contributed by atoms with Crippen LogP contribution in [0, 0.1) is 0 Å². The minimum atomic E-state index is -0.103. The highest BCUT2D eigenvalue weighted by atomic mass is 16.5. The monoisotopic (exact) mass is 263 g/mol. The van der Waals surface area contributed by atoms with Gasteiger partial charge in [0.25, 0.3) is 5.91 Å². The third-order valence-corrected chi connectivity index (χ3v) is 4.33. The average molecular weight is 263 g/mol. The summed E-state index contributed by atoms with van der Waals surface area (Å²) in [5.41, 5.74) is 0.0395. The molecule has 1 aromatic heterocycles. The summed E-state index contributed by atoms with van der Waals surface area (Å²) in [5.74, 6) is 0.360. The van der Waals surface area contributed by atoms with Crippen molar-refractivity contribution in [2.45, 2.75) is 50.2 Å². The Labute approximate surface area is 113 Å². The molecule has 19 heavy (non-hydrogen) atoms. The molecule has 104 valence electrons. The first-order valence-corrected chi connectivity index (χ1v) is 7.11. The summed E-state index contributed by atoms with van der Waals surface area (Å²) < 4.78 is 7.74. The van der Waals surface area contributed by atoms with Crippen LogP contribution in [-0.2, 0) is 11.8 Å². The Bertz CT molecular complexity index is 463. The van der Waals surface area contributed by atoms with Gasteiger partial charge in [0.1, 0.15) is 0 Å². The maximum atomic E-state index is 12.1. The fourth-order valence-electron chi connectivity index (χ4n) is 3.32. The fourth-order valence-corrected chi connectivity index (χ4v) is 3.32. The summed E-state index contributed by atoms with van der Waals surface area (Å²) in [6.07, 6.45) is 10.5. The van der Waals surface area contributed by atoms with E-state index in [2.05, 4.69) is 10.3 Å². The van der Waals surface area contributed by atoms with Crippen LogP contribution < -0.4 is 5.32 Å². The molecule has 0 aromatic carbocycles. The molecule has 5 nitrogen and oxygen atoms in total. The van der Waals surface area contributed by atoms with E-state index in [1.54, 1.807) is 17.0 Å². The lowest BCUT2D eigenvalue weighted by Crippen LogP contribution is -2.38. The average Bonchev–Trinajstić information content (AvgIpc) is 2.98. The summed E-state index contributed by atoms with van der Waals surface area (Å²) in [6.45, 7) is 0.635. The third-order valence-electron chi connectivity index (χ3n) is 4.33. The summed E-state index contributed by atoms with van der Waals surface area (Å²) in [7, 11) is 1.83. The van der Waals surface area contributed by atoms with Crippen LogP contribution in [0.15, 0.2) is 12.4 Å². The summed E-state index contributed by atoms with van der Waals surface area (Å²) in [4.78, 5) is 16.2. The highest BCUT2D eigenvalue weighted by Crippen LogP contribution is 2.39. The first-order valence-electron chi connectivity index (χ1n) is 7.11. The summed E-state index contributed by atoms with van der Waals surface area (Å²) >= 11 is 0. The van der Waals surface area contributed by atoms with E-state index in [0.29, 0.717) is 12.4 Å². The second kappa shape index (κ2) is 4.96. The number of aromatic nitrogens is 2. The standard InChI is InChI=1S/C14H21N3O2/c1-17-8-7-15-12(17)13(18)16-11-9-14(19-10-11)5-3-2-4-6-14/h7-8,11H,2-6,9-10H2,1H3,(H,16,18)/t11-/m1/s1. The number of nitrogens with zero attached hydrogens (tertiary/aromatic N) is 2. The minimum Gasteiger partial charge on any atom is -0.373 e. The maximum Gasteiger partial charge on any atom is 0.287 e. The number of carbonyl (C=O) groups excluding carboxylic acids is 1. The third kappa shape index (κ3) is 2.52. The molecule has 1 aliphatic heterocycles. The molecule has 1 saturated carbocycles. The maximum absolute atomic E-state index is 12.1. The van der Waals surface area contributed by atoms with Gasteiger partial charge in [-0.15, -0.1) is 0 Å². The van der Waals surface area contributed by atoms with E-state index in [-0.39, 0.29) is 17.6 Å². The second-order valence-electron chi connectivity index (χ2n) is 5.79. The molecule has 0 bridgehead atoms. The molecule has 1 saturated heterocycles. The van der Waals surface area contributed by atoms with Gasteiger partial charge in [0.2, 0.25) is 0 Å². The van der Waals surface area contributed by atoms with Gasteiger partial charge >= 0.3 is 0 Å². The number of imidazole rings is 1. The number of hydrogen-bond acceptors (Lipinski definition) is 3. The van der Waals surface area contributed by atoms with Crippen molar-refractivity contribution in [2.24, 2.45) is 7.05 Å². The molecular weight excluding hydrogens is 242 g/mol. The SMILES string of the molecule is Cn1ccnc1C(=O)N[C@H]1COC2(CCCCC2)C1. The Balaban J connectivity index is 1.60. The highest BCUT2D eigenvalue weighted by Gasteiger charge is 2.41. The summed E-state index contributed by atoms with van der Waals surface area (Å²) in [6, 6.07) is 0.127. The molecule has 2 heterocycles. The summed E-state index contributed by atoms with van der Waals surface area (Å²) in [5, 5.41) is 3.05. The molecule has 1 amide bonds. The number of carbonyl (C=O) groups is 1. The van der Waals surface area contributed by atoms with E-state index < -0.39 is 0 Å². The van der Waals surface area contributed by atoms with E-state index in [4.69, 9.17) is 4.74 Å². The number of ether oxygens (including phenoxy) is 1. The fraction of sp³-hybridized carbons (Fsp3) is 0.714. The number of rotatable bonds is 2. The van der Waals surface area contributed by atoms with Crippen molar-refractivity contribution in [3.63, 3.8) is 0 Å². The zero-order valence-electron chi connectivity index (χ0n) is 11.4. The molecule has 0 radical (unpaired) electrons. The first kappa shape index (κ1) is 12.7. The molecule has 1 aromatic rings. The molecule has 5 heteroatoms. The van der Waals surface area contributed by atoms with Crippen LogP contribution in [0.1, 0.15) is 49.1 Å². The Morgan fingerprint density at radius 1 is 1.47 bits per heavy atom. The Kier molecular flexibility index (Phi) is 3.31. The number of amides is 1. The molecule has 1 spiro atoms. The lowest BCUT2D eigenvalue weighted by molar-refractivity contribution is -0.0246. The van der Waals surface area contributed by atoms with Crippen LogP contribution >= 0.6 is 0 Å². The van der Waals surface area contributed by atoms with Crippen molar-refractivity contribution in [2.75, 3.05) is 6.61 Å². The highest BCUT2D eigenvalue weighted by molar-refractivity contribution is 5.90. The number of aryl methyl sites for hydroxylation is 1. The van der Waals surface area contributed by atoms with E-state index in [1.165, 1.54) is 19.3 Å². The zero-order valence-corrected chi connectivity index (χ0v) is 11.4.